The molecule has 1 atom stereocenters. The topological polar surface area (TPSA) is 71.2 Å². The maximum absolute atomic E-state index is 12.1. The zero-order chi connectivity index (χ0) is 13.4. The van der Waals surface area contributed by atoms with Gasteiger partial charge < -0.3 is 15.0 Å². The average molecular weight is 258 g/mol. The van der Waals surface area contributed by atoms with Gasteiger partial charge in [0.1, 0.15) is 5.92 Å². The first-order valence-electron chi connectivity index (χ1n) is 6.27. The standard InChI is InChI=1S/C14H14N2O3/c1-2-19-14(18)9-6-8-7-15-10-4-3-5-11(12(8)10)16-13(9)17/h3-5,7,9,15H,2,6H2,1H3,(H,16,17). The summed E-state index contributed by atoms with van der Waals surface area (Å²) in [5.41, 5.74) is 2.66. The molecule has 1 aliphatic heterocycles. The fourth-order valence-corrected chi connectivity index (χ4v) is 2.49. The van der Waals surface area contributed by atoms with Crippen LogP contribution in [0.15, 0.2) is 24.4 Å². The highest BCUT2D eigenvalue weighted by molar-refractivity contribution is 6.11. The van der Waals surface area contributed by atoms with Gasteiger partial charge in [-0.3, -0.25) is 9.59 Å². The molecule has 0 saturated carbocycles. The molecule has 19 heavy (non-hydrogen) atoms. The van der Waals surface area contributed by atoms with Crippen LogP contribution in [0.3, 0.4) is 0 Å². The van der Waals surface area contributed by atoms with Gasteiger partial charge in [0.15, 0.2) is 0 Å². The van der Waals surface area contributed by atoms with Crippen molar-refractivity contribution in [1.82, 2.24) is 4.98 Å². The van der Waals surface area contributed by atoms with E-state index in [1.54, 1.807) is 6.92 Å². The molecule has 1 amide bonds. The highest BCUT2D eigenvalue weighted by atomic mass is 16.5. The summed E-state index contributed by atoms with van der Waals surface area (Å²) in [7, 11) is 0. The Labute approximate surface area is 109 Å². The van der Waals surface area contributed by atoms with Crippen LogP contribution in [0.4, 0.5) is 5.69 Å². The molecule has 5 heteroatoms. The Kier molecular flexibility index (Phi) is 2.74. The van der Waals surface area contributed by atoms with Gasteiger partial charge in [-0.1, -0.05) is 6.07 Å². The summed E-state index contributed by atoms with van der Waals surface area (Å²) in [6.07, 6.45) is 2.21. The van der Waals surface area contributed by atoms with Gasteiger partial charge in [0.05, 0.1) is 12.3 Å². The van der Waals surface area contributed by atoms with Crippen LogP contribution in [-0.4, -0.2) is 23.5 Å². The van der Waals surface area contributed by atoms with Crippen molar-refractivity contribution >= 4 is 28.5 Å². The van der Waals surface area contributed by atoms with Gasteiger partial charge in [-0.2, -0.15) is 0 Å². The Morgan fingerprint density at radius 1 is 1.47 bits per heavy atom. The first-order chi connectivity index (χ1) is 9.20. The van der Waals surface area contributed by atoms with Gasteiger partial charge in [0.2, 0.25) is 5.91 Å². The van der Waals surface area contributed by atoms with E-state index < -0.39 is 11.9 Å². The molecule has 3 rings (SSSR count). The van der Waals surface area contributed by atoms with Crippen LogP contribution in [0.5, 0.6) is 0 Å². The number of hydrogen-bond donors (Lipinski definition) is 2. The number of esters is 1. The Bertz CT molecular complexity index is 660. The minimum absolute atomic E-state index is 0.276. The molecule has 5 nitrogen and oxygen atoms in total. The molecule has 1 unspecified atom stereocenters. The largest absolute Gasteiger partial charge is 0.465 e. The molecule has 2 heterocycles. The summed E-state index contributed by atoms with van der Waals surface area (Å²) >= 11 is 0. The third kappa shape index (κ3) is 1.87. The highest BCUT2D eigenvalue weighted by Crippen LogP contribution is 2.32. The summed E-state index contributed by atoms with van der Waals surface area (Å²) in [5, 5.41) is 3.78. The summed E-state index contributed by atoms with van der Waals surface area (Å²) in [5.74, 6) is -1.56. The van der Waals surface area contributed by atoms with Crippen molar-refractivity contribution in [3.05, 3.63) is 30.0 Å². The molecule has 0 spiro atoms. The summed E-state index contributed by atoms with van der Waals surface area (Å²) in [6.45, 7) is 2.01. The zero-order valence-electron chi connectivity index (χ0n) is 10.5. The second kappa shape index (κ2) is 4.42. The molecule has 1 aromatic carbocycles. The van der Waals surface area contributed by atoms with Crippen molar-refractivity contribution in [2.75, 3.05) is 11.9 Å². The lowest BCUT2D eigenvalue weighted by Gasteiger charge is -2.12. The molecule has 0 fully saturated rings. The van der Waals surface area contributed by atoms with Gasteiger partial charge in [-0.15, -0.1) is 0 Å². The SMILES string of the molecule is CCOC(=O)C1Cc2c[nH]c3cccc(c23)NC1=O. The van der Waals surface area contributed by atoms with Gasteiger partial charge in [-0.25, -0.2) is 0 Å². The van der Waals surface area contributed by atoms with Crippen LogP contribution < -0.4 is 5.32 Å². The van der Waals surface area contributed by atoms with Gasteiger partial charge in [0.25, 0.3) is 0 Å². The van der Waals surface area contributed by atoms with Crippen molar-refractivity contribution in [3.63, 3.8) is 0 Å². The number of carbonyl (C=O) groups is 2. The van der Waals surface area contributed by atoms with Crippen molar-refractivity contribution in [1.29, 1.82) is 0 Å². The summed E-state index contributed by atoms with van der Waals surface area (Å²) < 4.78 is 4.97. The van der Waals surface area contributed by atoms with Gasteiger partial charge in [-0.05, 0) is 31.0 Å². The molecule has 1 aliphatic rings. The van der Waals surface area contributed by atoms with E-state index in [2.05, 4.69) is 10.3 Å². The highest BCUT2D eigenvalue weighted by Gasteiger charge is 2.32. The summed E-state index contributed by atoms with van der Waals surface area (Å²) in [6, 6.07) is 5.65. The lowest BCUT2D eigenvalue weighted by molar-refractivity contribution is -0.150. The van der Waals surface area contributed by atoms with Gasteiger partial charge in [0, 0.05) is 17.1 Å². The molecule has 0 bridgehead atoms. The fraction of sp³-hybridized carbons (Fsp3) is 0.286. The first kappa shape index (κ1) is 11.8. The number of aromatic amines is 1. The second-order valence-corrected chi connectivity index (χ2v) is 4.54. The summed E-state index contributed by atoms with van der Waals surface area (Å²) in [4.78, 5) is 27.1. The molecular formula is C14H14N2O3. The maximum atomic E-state index is 12.1. The number of amides is 1. The van der Waals surface area contributed by atoms with E-state index in [0.29, 0.717) is 6.42 Å². The number of aromatic nitrogens is 1. The third-order valence-corrected chi connectivity index (χ3v) is 3.36. The predicted molar refractivity (Wildman–Crippen MR) is 70.8 cm³/mol. The maximum Gasteiger partial charge on any atom is 0.318 e. The Balaban J connectivity index is 2.05. The van der Waals surface area contributed by atoms with Crippen molar-refractivity contribution < 1.29 is 14.3 Å². The Hall–Kier alpha value is -2.30. The van der Waals surface area contributed by atoms with Crippen molar-refractivity contribution in [3.8, 4) is 0 Å². The predicted octanol–water partition coefficient (Wildman–Crippen LogP) is 1.84. The zero-order valence-corrected chi connectivity index (χ0v) is 10.5. The van der Waals surface area contributed by atoms with E-state index in [1.807, 2.05) is 24.4 Å². The molecular weight excluding hydrogens is 244 g/mol. The number of hydrogen-bond acceptors (Lipinski definition) is 3. The molecule has 1 aromatic heterocycles. The second-order valence-electron chi connectivity index (χ2n) is 4.54. The Morgan fingerprint density at radius 3 is 3.11 bits per heavy atom. The molecule has 2 aromatic rings. The average Bonchev–Trinajstić information content (AvgIpc) is 2.73. The van der Waals surface area contributed by atoms with Crippen molar-refractivity contribution in [2.45, 2.75) is 13.3 Å². The molecule has 0 aliphatic carbocycles. The number of rotatable bonds is 2. The fourth-order valence-electron chi connectivity index (χ4n) is 2.49. The minimum Gasteiger partial charge on any atom is -0.465 e. The van der Waals surface area contributed by atoms with Crippen molar-refractivity contribution in [2.24, 2.45) is 5.92 Å². The molecule has 2 N–H and O–H groups in total. The molecule has 0 saturated heterocycles. The number of ether oxygens (including phenoxy) is 1. The van der Waals surface area contributed by atoms with Crippen LogP contribution in [0.2, 0.25) is 0 Å². The van der Waals surface area contributed by atoms with Gasteiger partial charge >= 0.3 is 5.97 Å². The van der Waals surface area contributed by atoms with E-state index in [9.17, 15) is 9.59 Å². The van der Waals surface area contributed by atoms with Crippen LogP contribution >= 0.6 is 0 Å². The number of benzene rings is 1. The molecule has 0 radical (unpaired) electrons. The van der Waals surface area contributed by atoms with E-state index in [-0.39, 0.29) is 12.5 Å². The van der Waals surface area contributed by atoms with E-state index in [0.717, 1.165) is 22.2 Å². The number of nitrogens with one attached hydrogen (secondary N) is 2. The lowest BCUT2D eigenvalue weighted by atomic mass is 10.00. The lowest BCUT2D eigenvalue weighted by Crippen LogP contribution is -2.31. The van der Waals surface area contributed by atoms with Crippen LogP contribution in [0.25, 0.3) is 10.9 Å². The molecule has 98 valence electrons. The number of carbonyl (C=O) groups excluding carboxylic acids is 2. The first-order valence-corrected chi connectivity index (χ1v) is 6.27. The van der Waals surface area contributed by atoms with Crippen LogP contribution in [-0.2, 0) is 20.7 Å². The monoisotopic (exact) mass is 258 g/mol. The number of H-pyrrole nitrogens is 1. The number of anilines is 1. The third-order valence-electron chi connectivity index (χ3n) is 3.36. The van der Waals surface area contributed by atoms with E-state index >= 15 is 0 Å². The smallest absolute Gasteiger partial charge is 0.318 e. The quantitative estimate of drug-likeness (QED) is 0.637. The van der Waals surface area contributed by atoms with E-state index in [1.165, 1.54) is 0 Å². The Morgan fingerprint density at radius 2 is 2.32 bits per heavy atom. The van der Waals surface area contributed by atoms with Crippen LogP contribution in [0.1, 0.15) is 12.5 Å². The van der Waals surface area contributed by atoms with Crippen LogP contribution in [0, 0.1) is 5.92 Å². The normalized spacial score (nSPS) is 17.9. The minimum atomic E-state index is -0.786. The van der Waals surface area contributed by atoms with E-state index in [4.69, 9.17) is 4.74 Å².